The molecule has 3 heterocycles. The summed E-state index contributed by atoms with van der Waals surface area (Å²) < 4.78 is 12.4. The third-order valence-electron chi connectivity index (χ3n) is 5.49. The SMILES string of the molecule is COCCn1c(S[C@@H](C)C(=O)NC[C@H]2CCCO2)nc2sc3c(c2c1=O)CCC3. The van der Waals surface area contributed by atoms with Crippen LogP contribution in [0.5, 0.6) is 0 Å². The number of rotatable bonds is 8. The number of carbonyl (C=O) groups excluding carboxylic acids is 1. The van der Waals surface area contributed by atoms with Gasteiger partial charge in [0, 0.05) is 25.1 Å². The van der Waals surface area contributed by atoms with Gasteiger partial charge in [-0.25, -0.2) is 4.98 Å². The number of thiophene rings is 1. The van der Waals surface area contributed by atoms with Gasteiger partial charge >= 0.3 is 0 Å². The standard InChI is InChI=1S/C20H27N3O4S2/c1-12(17(24)21-11-13-5-4-9-27-13)28-20-22-18-16(14-6-3-7-15(14)29-18)19(25)23(20)8-10-26-2/h12-13H,3-11H2,1-2H3,(H,21,24)/t12-,13+/m0/s1. The number of nitrogens with zero attached hydrogens (tertiary/aromatic N) is 2. The van der Waals surface area contributed by atoms with E-state index >= 15 is 0 Å². The van der Waals surface area contributed by atoms with E-state index in [0.717, 1.165) is 48.9 Å². The molecule has 0 unspecified atom stereocenters. The average Bonchev–Trinajstić information content (AvgIpc) is 3.43. The lowest BCUT2D eigenvalue weighted by Gasteiger charge is -2.17. The molecule has 9 heteroatoms. The van der Waals surface area contributed by atoms with E-state index in [1.165, 1.54) is 22.2 Å². The van der Waals surface area contributed by atoms with Gasteiger partial charge in [0.25, 0.3) is 5.56 Å². The second-order valence-electron chi connectivity index (χ2n) is 7.52. The van der Waals surface area contributed by atoms with Gasteiger partial charge in [0.1, 0.15) is 4.83 Å². The Morgan fingerprint density at radius 3 is 3.07 bits per heavy atom. The van der Waals surface area contributed by atoms with E-state index in [-0.39, 0.29) is 22.8 Å². The molecule has 1 aliphatic heterocycles. The van der Waals surface area contributed by atoms with Crippen LogP contribution in [0.2, 0.25) is 0 Å². The second kappa shape index (κ2) is 9.16. The largest absolute Gasteiger partial charge is 0.383 e. The van der Waals surface area contributed by atoms with E-state index in [9.17, 15) is 9.59 Å². The van der Waals surface area contributed by atoms with Crippen molar-refractivity contribution in [1.82, 2.24) is 14.9 Å². The minimum absolute atomic E-state index is 0.0130. The molecule has 1 aliphatic carbocycles. The van der Waals surface area contributed by atoms with Gasteiger partial charge in [0.2, 0.25) is 5.91 Å². The Bertz CT molecular complexity index is 949. The summed E-state index contributed by atoms with van der Waals surface area (Å²) in [5, 5.41) is 3.95. The second-order valence-corrected chi connectivity index (χ2v) is 9.91. The molecule has 1 fully saturated rings. The van der Waals surface area contributed by atoms with E-state index < -0.39 is 0 Å². The molecule has 0 aromatic carbocycles. The van der Waals surface area contributed by atoms with Gasteiger partial charge in [-0.1, -0.05) is 11.8 Å². The molecule has 2 aliphatic rings. The molecular weight excluding hydrogens is 410 g/mol. The van der Waals surface area contributed by atoms with E-state index in [0.29, 0.717) is 24.9 Å². The van der Waals surface area contributed by atoms with Crippen LogP contribution < -0.4 is 10.9 Å². The van der Waals surface area contributed by atoms with Crippen molar-refractivity contribution >= 4 is 39.2 Å². The number of hydrogen-bond acceptors (Lipinski definition) is 7. The van der Waals surface area contributed by atoms with Gasteiger partial charge in [0.15, 0.2) is 5.16 Å². The molecule has 1 N–H and O–H groups in total. The predicted molar refractivity (Wildman–Crippen MR) is 115 cm³/mol. The van der Waals surface area contributed by atoms with E-state index in [2.05, 4.69) is 5.32 Å². The highest BCUT2D eigenvalue weighted by Gasteiger charge is 2.25. The van der Waals surface area contributed by atoms with Crippen LogP contribution >= 0.6 is 23.1 Å². The number of thioether (sulfide) groups is 1. The average molecular weight is 438 g/mol. The van der Waals surface area contributed by atoms with Gasteiger partial charge in [0.05, 0.1) is 29.9 Å². The molecule has 0 spiro atoms. The first-order chi connectivity index (χ1) is 14.1. The first kappa shape index (κ1) is 20.8. The number of nitrogens with one attached hydrogen (secondary N) is 1. The molecule has 29 heavy (non-hydrogen) atoms. The maximum absolute atomic E-state index is 13.3. The molecule has 2 atom stereocenters. The Hall–Kier alpha value is -1.42. The first-order valence-electron chi connectivity index (χ1n) is 10.2. The molecule has 0 radical (unpaired) electrons. The van der Waals surface area contributed by atoms with Crippen molar-refractivity contribution in [3.8, 4) is 0 Å². The van der Waals surface area contributed by atoms with Gasteiger partial charge < -0.3 is 14.8 Å². The van der Waals surface area contributed by atoms with E-state index in [4.69, 9.17) is 14.5 Å². The van der Waals surface area contributed by atoms with Gasteiger partial charge in [-0.15, -0.1) is 11.3 Å². The maximum atomic E-state index is 13.3. The summed E-state index contributed by atoms with van der Waals surface area (Å²) in [6, 6.07) is 0. The number of fused-ring (bicyclic) bond motifs is 3. The summed E-state index contributed by atoms with van der Waals surface area (Å²) >= 11 is 2.95. The van der Waals surface area contributed by atoms with Crippen molar-refractivity contribution in [3.05, 3.63) is 20.8 Å². The zero-order valence-electron chi connectivity index (χ0n) is 16.9. The molecule has 2 aromatic rings. The first-order valence-corrected chi connectivity index (χ1v) is 11.9. The lowest BCUT2D eigenvalue weighted by Crippen LogP contribution is -2.37. The molecular formula is C20H27N3O4S2. The quantitative estimate of drug-likeness (QED) is 0.504. The number of aryl methyl sites for hydroxylation is 2. The summed E-state index contributed by atoms with van der Waals surface area (Å²) in [5.41, 5.74) is 1.16. The minimum atomic E-state index is -0.360. The summed E-state index contributed by atoms with van der Waals surface area (Å²) in [4.78, 5) is 32.7. The smallest absolute Gasteiger partial charge is 0.263 e. The fourth-order valence-corrected chi connectivity index (χ4v) is 6.16. The van der Waals surface area contributed by atoms with Crippen molar-refractivity contribution in [1.29, 1.82) is 0 Å². The Labute approximate surface area is 178 Å². The molecule has 0 bridgehead atoms. The number of methoxy groups -OCH3 is 1. The van der Waals surface area contributed by atoms with Gasteiger partial charge in [-0.05, 0) is 44.6 Å². The molecule has 4 rings (SSSR count). The topological polar surface area (TPSA) is 82.4 Å². The Morgan fingerprint density at radius 1 is 1.45 bits per heavy atom. The van der Waals surface area contributed by atoms with Crippen molar-refractivity contribution < 1.29 is 14.3 Å². The van der Waals surface area contributed by atoms with Crippen LogP contribution in [-0.2, 0) is 33.7 Å². The predicted octanol–water partition coefficient (Wildman–Crippen LogP) is 2.37. The highest BCUT2D eigenvalue weighted by molar-refractivity contribution is 8.00. The zero-order chi connectivity index (χ0) is 20.4. The monoisotopic (exact) mass is 437 g/mol. The summed E-state index contributed by atoms with van der Waals surface area (Å²) in [7, 11) is 1.62. The number of hydrogen-bond donors (Lipinski definition) is 1. The normalized spacial score (nSPS) is 19.6. The Morgan fingerprint density at radius 2 is 2.31 bits per heavy atom. The van der Waals surface area contributed by atoms with E-state index in [1.807, 2.05) is 6.92 Å². The van der Waals surface area contributed by atoms with Crippen molar-refractivity contribution in [2.24, 2.45) is 0 Å². The van der Waals surface area contributed by atoms with Crippen molar-refractivity contribution in [2.75, 3.05) is 26.9 Å². The van der Waals surface area contributed by atoms with Crippen LogP contribution in [-0.4, -0.2) is 53.7 Å². The van der Waals surface area contributed by atoms with Crippen molar-refractivity contribution in [2.45, 2.75) is 62.1 Å². The molecule has 2 aromatic heterocycles. The summed E-state index contributed by atoms with van der Waals surface area (Å²) in [6.45, 7) is 4.00. The van der Waals surface area contributed by atoms with Crippen LogP contribution in [0, 0.1) is 0 Å². The number of aromatic nitrogens is 2. The third kappa shape index (κ3) is 4.38. The lowest BCUT2D eigenvalue weighted by molar-refractivity contribution is -0.120. The number of carbonyl (C=O) groups is 1. The summed E-state index contributed by atoms with van der Waals surface area (Å²) in [5.74, 6) is -0.0631. The molecule has 1 saturated heterocycles. The summed E-state index contributed by atoms with van der Waals surface area (Å²) in [6.07, 6.45) is 5.22. The molecule has 158 valence electrons. The minimum Gasteiger partial charge on any atom is -0.383 e. The third-order valence-corrected chi connectivity index (χ3v) is 7.76. The lowest BCUT2D eigenvalue weighted by atomic mass is 10.2. The molecule has 7 nitrogen and oxygen atoms in total. The van der Waals surface area contributed by atoms with Gasteiger partial charge in [-0.2, -0.15) is 0 Å². The fraction of sp³-hybridized carbons (Fsp3) is 0.650. The Kier molecular flexibility index (Phi) is 6.58. The highest BCUT2D eigenvalue weighted by Crippen LogP contribution is 2.36. The van der Waals surface area contributed by atoms with Crippen molar-refractivity contribution in [3.63, 3.8) is 0 Å². The highest BCUT2D eigenvalue weighted by atomic mass is 32.2. The van der Waals surface area contributed by atoms with Crippen LogP contribution in [0.3, 0.4) is 0 Å². The van der Waals surface area contributed by atoms with Crippen LogP contribution in [0.1, 0.15) is 36.6 Å². The van der Waals surface area contributed by atoms with E-state index in [1.54, 1.807) is 23.0 Å². The zero-order valence-corrected chi connectivity index (χ0v) is 18.5. The molecule has 0 saturated carbocycles. The van der Waals surface area contributed by atoms with Gasteiger partial charge in [-0.3, -0.25) is 14.2 Å². The number of ether oxygens (including phenoxy) is 2. The maximum Gasteiger partial charge on any atom is 0.263 e. The number of amides is 1. The Balaban J connectivity index is 1.56. The fourth-order valence-electron chi connectivity index (χ4n) is 3.90. The molecule has 1 amide bonds. The van der Waals surface area contributed by atoms with Crippen LogP contribution in [0.15, 0.2) is 9.95 Å². The van der Waals surface area contributed by atoms with Crippen LogP contribution in [0.4, 0.5) is 0 Å². The van der Waals surface area contributed by atoms with Crippen LogP contribution in [0.25, 0.3) is 10.2 Å².